The number of amides is 2. The zero-order chi connectivity index (χ0) is 14.2. The minimum absolute atomic E-state index is 0.0360. The van der Waals surface area contributed by atoms with E-state index in [1.165, 1.54) is 11.0 Å². The van der Waals surface area contributed by atoms with E-state index >= 15 is 0 Å². The minimum atomic E-state index is -3.18. The molecular formula is C11H16N2O5S. The van der Waals surface area contributed by atoms with Crippen molar-refractivity contribution in [2.45, 2.75) is 13.0 Å². The molecule has 0 aliphatic carbocycles. The highest BCUT2D eigenvalue weighted by atomic mass is 32.2. The predicted octanol–water partition coefficient (Wildman–Crippen LogP) is -0.341. The molecule has 2 amide bonds. The lowest BCUT2D eigenvalue weighted by Gasteiger charge is -2.41. The SMILES string of the molecule is CC(C(=O)O)C1CN(C(=O)NC2C=CS(=O)(=O)C2)C1. The summed E-state index contributed by atoms with van der Waals surface area (Å²) in [6, 6.07) is -0.839. The van der Waals surface area contributed by atoms with Crippen LogP contribution in [0.25, 0.3) is 0 Å². The number of hydrogen-bond donors (Lipinski definition) is 2. The van der Waals surface area contributed by atoms with Gasteiger partial charge in [0.2, 0.25) is 0 Å². The van der Waals surface area contributed by atoms with Gasteiger partial charge >= 0.3 is 12.0 Å². The number of carboxylic acids is 1. The molecule has 0 aromatic carbocycles. The number of carbonyl (C=O) groups is 2. The molecule has 0 radical (unpaired) electrons. The second-order valence-corrected chi connectivity index (χ2v) is 6.94. The van der Waals surface area contributed by atoms with E-state index in [9.17, 15) is 18.0 Å². The number of carboxylic acid groups (broad SMARTS) is 1. The second kappa shape index (κ2) is 4.84. The highest BCUT2D eigenvalue weighted by Gasteiger charge is 2.38. The third-order valence-electron chi connectivity index (χ3n) is 3.53. The molecule has 0 aromatic heterocycles. The lowest BCUT2D eigenvalue weighted by atomic mass is 9.87. The molecule has 2 aliphatic heterocycles. The van der Waals surface area contributed by atoms with Crippen LogP contribution in [-0.2, 0) is 14.6 Å². The van der Waals surface area contributed by atoms with Gasteiger partial charge < -0.3 is 15.3 Å². The van der Waals surface area contributed by atoms with Gasteiger partial charge in [0.15, 0.2) is 9.84 Å². The van der Waals surface area contributed by atoms with E-state index in [1.54, 1.807) is 6.92 Å². The normalized spacial score (nSPS) is 26.8. The lowest BCUT2D eigenvalue weighted by Crippen LogP contribution is -2.57. The Morgan fingerprint density at radius 2 is 2.05 bits per heavy atom. The molecule has 2 atom stereocenters. The molecule has 2 unspecified atom stereocenters. The number of likely N-dealkylation sites (tertiary alicyclic amines) is 1. The summed E-state index contributed by atoms with van der Waals surface area (Å²) < 4.78 is 22.4. The molecule has 0 aromatic rings. The van der Waals surface area contributed by atoms with E-state index in [0.29, 0.717) is 13.1 Å². The molecule has 1 fully saturated rings. The van der Waals surface area contributed by atoms with Crippen LogP contribution in [0.15, 0.2) is 11.5 Å². The van der Waals surface area contributed by atoms with E-state index in [-0.39, 0.29) is 17.7 Å². The largest absolute Gasteiger partial charge is 0.481 e. The van der Waals surface area contributed by atoms with Crippen LogP contribution in [0.3, 0.4) is 0 Å². The Balaban J connectivity index is 1.79. The van der Waals surface area contributed by atoms with Crippen LogP contribution in [0.2, 0.25) is 0 Å². The van der Waals surface area contributed by atoms with E-state index in [4.69, 9.17) is 5.11 Å². The molecule has 2 aliphatic rings. The van der Waals surface area contributed by atoms with Crippen LogP contribution in [0.4, 0.5) is 4.79 Å². The van der Waals surface area contributed by atoms with Gasteiger partial charge in [-0.05, 0) is 6.08 Å². The van der Waals surface area contributed by atoms with Crippen molar-refractivity contribution in [3.8, 4) is 0 Å². The van der Waals surface area contributed by atoms with Crippen molar-refractivity contribution in [1.29, 1.82) is 0 Å². The summed E-state index contributed by atoms with van der Waals surface area (Å²) in [5.74, 6) is -1.49. The van der Waals surface area contributed by atoms with Crippen molar-refractivity contribution in [1.82, 2.24) is 10.2 Å². The van der Waals surface area contributed by atoms with Gasteiger partial charge in [-0.1, -0.05) is 6.92 Å². The average Bonchev–Trinajstić information content (AvgIpc) is 2.55. The lowest BCUT2D eigenvalue weighted by molar-refractivity contribution is -0.144. The van der Waals surface area contributed by atoms with Gasteiger partial charge in [0.1, 0.15) is 0 Å². The number of nitrogens with zero attached hydrogens (tertiary/aromatic N) is 1. The van der Waals surface area contributed by atoms with Crippen molar-refractivity contribution in [3.05, 3.63) is 11.5 Å². The highest BCUT2D eigenvalue weighted by molar-refractivity contribution is 7.94. The molecule has 106 valence electrons. The van der Waals surface area contributed by atoms with Crippen molar-refractivity contribution in [2.24, 2.45) is 11.8 Å². The Hall–Kier alpha value is -1.57. The fourth-order valence-corrected chi connectivity index (χ4v) is 3.35. The van der Waals surface area contributed by atoms with Crippen molar-refractivity contribution < 1.29 is 23.1 Å². The summed E-state index contributed by atoms with van der Waals surface area (Å²) in [7, 11) is -3.18. The first-order valence-electron chi connectivity index (χ1n) is 5.98. The third-order valence-corrected chi connectivity index (χ3v) is 4.93. The fourth-order valence-electron chi connectivity index (χ4n) is 2.11. The summed E-state index contributed by atoms with van der Waals surface area (Å²) in [5, 5.41) is 12.5. The van der Waals surface area contributed by atoms with Gasteiger partial charge in [-0.2, -0.15) is 0 Å². The molecule has 2 rings (SSSR count). The standard InChI is InChI=1S/C11H16N2O5S/c1-7(10(14)15)8-4-13(5-8)11(16)12-9-2-3-19(17,18)6-9/h2-3,7-9H,4-6H2,1H3,(H,12,16)(H,14,15). The molecule has 0 bridgehead atoms. The molecule has 19 heavy (non-hydrogen) atoms. The van der Waals surface area contributed by atoms with Crippen molar-refractivity contribution in [3.63, 3.8) is 0 Å². The predicted molar refractivity (Wildman–Crippen MR) is 67.1 cm³/mol. The maximum atomic E-state index is 11.8. The van der Waals surface area contributed by atoms with Crippen LogP contribution >= 0.6 is 0 Å². The maximum absolute atomic E-state index is 11.8. The van der Waals surface area contributed by atoms with E-state index in [1.807, 2.05) is 0 Å². The number of hydrogen-bond acceptors (Lipinski definition) is 4. The Bertz CT molecular complexity index is 521. The first-order chi connectivity index (χ1) is 8.78. The second-order valence-electron chi connectivity index (χ2n) is 5.01. The zero-order valence-electron chi connectivity index (χ0n) is 10.4. The van der Waals surface area contributed by atoms with Crippen LogP contribution in [0.5, 0.6) is 0 Å². The molecule has 2 heterocycles. The Labute approximate surface area is 111 Å². The summed E-state index contributed by atoms with van der Waals surface area (Å²) >= 11 is 0. The van der Waals surface area contributed by atoms with Gasteiger partial charge in [-0.15, -0.1) is 0 Å². The summed E-state index contributed by atoms with van der Waals surface area (Å²) in [5.41, 5.74) is 0. The van der Waals surface area contributed by atoms with Gasteiger partial charge in [0, 0.05) is 24.4 Å². The Morgan fingerprint density at radius 1 is 1.42 bits per heavy atom. The number of rotatable bonds is 3. The number of nitrogens with one attached hydrogen (secondary N) is 1. The highest BCUT2D eigenvalue weighted by Crippen LogP contribution is 2.24. The number of urea groups is 1. The zero-order valence-corrected chi connectivity index (χ0v) is 11.3. The molecule has 8 heteroatoms. The van der Waals surface area contributed by atoms with E-state index in [2.05, 4.69) is 5.32 Å². The minimum Gasteiger partial charge on any atom is -0.481 e. The summed E-state index contributed by atoms with van der Waals surface area (Å²) in [6.45, 7) is 2.40. The molecule has 7 nitrogen and oxygen atoms in total. The first kappa shape index (κ1) is 13.9. The molecule has 0 spiro atoms. The van der Waals surface area contributed by atoms with E-state index < -0.39 is 27.8 Å². The summed E-state index contributed by atoms with van der Waals surface area (Å²) in [4.78, 5) is 24.0. The van der Waals surface area contributed by atoms with Gasteiger partial charge in [0.25, 0.3) is 0 Å². The number of aliphatic carboxylic acids is 1. The molecule has 0 saturated carbocycles. The van der Waals surface area contributed by atoms with Crippen LogP contribution < -0.4 is 5.32 Å². The Morgan fingerprint density at radius 3 is 2.53 bits per heavy atom. The van der Waals surface area contributed by atoms with Gasteiger partial charge in [-0.3, -0.25) is 4.79 Å². The first-order valence-corrected chi connectivity index (χ1v) is 7.69. The Kier molecular flexibility index (Phi) is 3.53. The van der Waals surface area contributed by atoms with Crippen LogP contribution in [-0.4, -0.2) is 55.3 Å². The van der Waals surface area contributed by atoms with Crippen molar-refractivity contribution >= 4 is 21.8 Å². The number of sulfone groups is 1. The maximum Gasteiger partial charge on any atom is 0.317 e. The molecular weight excluding hydrogens is 272 g/mol. The van der Waals surface area contributed by atoms with Crippen molar-refractivity contribution in [2.75, 3.05) is 18.8 Å². The molecule has 1 saturated heterocycles. The summed E-state index contributed by atoms with van der Waals surface area (Å²) in [6.07, 6.45) is 1.45. The monoisotopic (exact) mass is 288 g/mol. The fraction of sp³-hybridized carbons (Fsp3) is 0.636. The van der Waals surface area contributed by atoms with E-state index in [0.717, 1.165) is 5.41 Å². The molecule has 2 N–H and O–H groups in total. The quantitative estimate of drug-likeness (QED) is 0.739. The van der Waals surface area contributed by atoms with Crippen LogP contribution in [0, 0.1) is 11.8 Å². The average molecular weight is 288 g/mol. The topological polar surface area (TPSA) is 104 Å². The third kappa shape index (κ3) is 3.06. The smallest absolute Gasteiger partial charge is 0.317 e. The van der Waals surface area contributed by atoms with Gasteiger partial charge in [-0.25, -0.2) is 13.2 Å². The number of carbonyl (C=O) groups excluding carboxylic acids is 1. The van der Waals surface area contributed by atoms with Gasteiger partial charge in [0.05, 0.1) is 17.7 Å². The van der Waals surface area contributed by atoms with Crippen LogP contribution in [0.1, 0.15) is 6.92 Å².